The summed E-state index contributed by atoms with van der Waals surface area (Å²) in [6.07, 6.45) is 7.47. The van der Waals surface area contributed by atoms with E-state index in [1.165, 1.54) is 12.8 Å². The van der Waals surface area contributed by atoms with Crippen LogP contribution >= 0.6 is 0 Å². The Labute approximate surface area is 102 Å². The maximum Gasteiger partial charge on any atom is 0.138 e. The molecule has 3 heteroatoms. The van der Waals surface area contributed by atoms with Crippen molar-refractivity contribution in [3.05, 3.63) is 30.1 Å². The maximum atomic E-state index is 11.8. The molecule has 2 rings (SSSR count). The van der Waals surface area contributed by atoms with Crippen LogP contribution in [0.5, 0.6) is 0 Å². The Kier molecular flexibility index (Phi) is 4.68. The first-order valence-corrected chi connectivity index (χ1v) is 6.38. The number of carbonyl (C=O) groups excluding carboxylic acids is 1. The second kappa shape index (κ2) is 6.50. The molecular formula is C14H19NO2. The molecule has 17 heavy (non-hydrogen) atoms. The molecule has 1 unspecified atom stereocenters. The van der Waals surface area contributed by atoms with Gasteiger partial charge in [-0.1, -0.05) is 6.07 Å². The number of nitrogens with zero attached hydrogens (tertiary/aromatic N) is 1. The highest BCUT2D eigenvalue weighted by Gasteiger charge is 2.15. The third kappa shape index (κ3) is 4.27. The number of aromatic nitrogens is 1. The predicted molar refractivity (Wildman–Crippen MR) is 65.8 cm³/mol. The lowest BCUT2D eigenvalue weighted by atomic mass is 10.0. The fraction of sp³-hybridized carbons (Fsp3) is 0.571. The molecule has 1 saturated heterocycles. The van der Waals surface area contributed by atoms with Gasteiger partial charge < -0.3 is 4.74 Å². The molecule has 0 N–H and O–H groups in total. The first-order valence-electron chi connectivity index (χ1n) is 6.38. The molecule has 1 aliphatic heterocycles. The molecule has 0 saturated carbocycles. The molecule has 3 nitrogen and oxygen atoms in total. The Morgan fingerprint density at radius 1 is 1.41 bits per heavy atom. The number of carbonyl (C=O) groups is 1. The predicted octanol–water partition coefficient (Wildman–Crippen LogP) is 2.54. The van der Waals surface area contributed by atoms with Gasteiger partial charge in [0, 0.05) is 31.3 Å². The highest BCUT2D eigenvalue weighted by atomic mass is 16.5. The van der Waals surface area contributed by atoms with Gasteiger partial charge in [-0.15, -0.1) is 0 Å². The van der Waals surface area contributed by atoms with Crippen LogP contribution in [0.1, 0.15) is 37.8 Å². The topological polar surface area (TPSA) is 39.2 Å². The van der Waals surface area contributed by atoms with Gasteiger partial charge in [0.05, 0.1) is 6.10 Å². The molecule has 1 fully saturated rings. The molecule has 1 atom stereocenters. The molecule has 0 aliphatic carbocycles. The molecular weight excluding hydrogens is 214 g/mol. The molecule has 0 aromatic carbocycles. The van der Waals surface area contributed by atoms with E-state index in [1.54, 1.807) is 6.20 Å². The number of pyridine rings is 1. The largest absolute Gasteiger partial charge is 0.378 e. The van der Waals surface area contributed by atoms with Crippen LogP contribution in [0.4, 0.5) is 0 Å². The van der Waals surface area contributed by atoms with E-state index in [9.17, 15) is 4.79 Å². The smallest absolute Gasteiger partial charge is 0.138 e. The number of ether oxygens (including phenoxy) is 1. The number of rotatable bonds is 5. The van der Waals surface area contributed by atoms with E-state index in [0.29, 0.717) is 18.9 Å². The van der Waals surface area contributed by atoms with Crippen molar-refractivity contribution in [3.8, 4) is 0 Å². The summed E-state index contributed by atoms with van der Waals surface area (Å²) in [5.41, 5.74) is 0.863. The molecule has 0 spiro atoms. The minimum atomic E-state index is 0.262. The van der Waals surface area contributed by atoms with E-state index in [0.717, 1.165) is 25.1 Å². The number of hydrogen-bond acceptors (Lipinski definition) is 3. The minimum absolute atomic E-state index is 0.262. The fourth-order valence-electron chi connectivity index (χ4n) is 2.15. The molecule has 1 aliphatic rings. The van der Waals surface area contributed by atoms with Gasteiger partial charge in [-0.05, 0) is 37.8 Å². The van der Waals surface area contributed by atoms with Crippen molar-refractivity contribution < 1.29 is 9.53 Å². The molecule has 1 aromatic rings. The van der Waals surface area contributed by atoms with Crippen molar-refractivity contribution in [2.45, 2.75) is 44.6 Å². The van der Waals surface area contributed by atoms with Crippen LogP contribution < -0.4 is 0 Å². The second-order valence-electron chi connectivity index (χ2n) is 4.56. The summed E-state index contributed by atoms with van der Waals surface area (Å²) in [4.78, 5) is 15.9. The first-order chi connectivity index (χ1) is 8.34. The van der Waals surface area contributed by atoms with Gasteiger partial charge in [0.1, 0.15) is 5.78 Å². The lowest BCUT2D eigenvalue weighted by molar-refractivity contribution is -0.119. The van der Waals surface area contributed by atoms with Gasteiger partial charge in [0.2, 0.25) is 0 Å². The van der Waals surface area contributed by atoms with Crippen molar-refractivity contribution in [1.82, 2.24) is 4.98 Å². The van der Waals surface area contributed by atoms with Crippen LogP contribution in [0, 0.1) is 0 Å². The zero-order chi connectivity index (χ0) is 11.9. The Morgan fingerprint density at radius 2 is 2.35 bits per heavy atom. The summed E-state index contributed by atoms with van der Waals surface area (Å²) in [6, 6.07) is 5.68. The molecule has 0 radical (unpaired) electrons. The molecule has 0 bridgehead atoms. The summed E-state index contributed by atoms with van der Waals surface area (Å²) in [5.74, 6) is 0.262. The standard InChI is InChI=1S/C14H19NO2/c16-13(11-12-5-1-3-9-15-12)7-8-14-6-2-4-10-17-14/h1,3,5,9,14H,2,4,6-8,10-11H2. The van der Waals surface area contributed by atoms with Crippen LogP contribution in [-0.2, 0) is 16.0 Å². The van der Waals surface area contributed by atoms with Gasteiger partial charge >= 0.3 is 0 Å². The SMILES string of the molecule is O=C(CCC1CCCCO1)Cc1ccccn1. The van der Waals surface area contributed by atoms with Crippen LogP contribution in [-0.4, -0.2) is 23.5 Å². The van der Waals surface area contributed by atoms with E-state index in [2.05, 4.69) is 4.98 Å². The Morgan fingerprint density at radius 3 is 3.06 bits per heavy atom. The third-order valence-corrected chi connectivity index (χ3v) is 3.12. The van der Waals surface area contributed by atoms with Crippen LogP contribution in [0.3, 0.4) is 0 Å². The van der Waals surface area contributed by atoms with Crippen LogP contribution in [0.15, 0.2) is 24.4 Å². The van der Waals surface area contributed by atoms with Crippen molar-refractivity contribution in [3.63, 3.8) is 0 Å². The molecule has 0 amide bonds. The summed E-state index contributed by atoms with van der Waals surface area (Å²) in [7, 11) is 0. The zero-order valence-corrected chi connectivity index (χ0v) is 10.1. The summed E-state index contributed by atoms with van der Waals surface area (Å²) < 4.78 is 5.61. The van der Waals surface area contributed by atoms with Crippen molar-refractivity contribution in [1.29, 1.82) is 0 Å². The lowest BCUT2D eigenvalue weighted by Crippen LogP contribution is -2.20. The first kappa shape index (κ1) is 12.2. The van der Waals surface area contributed by atoms with Crippen molar-refractivity contribution >= 4 is 5.78 Å². The number of Topliss-reactive ketones (excluding diaryl/α,β-unsaturated/α-hetero) is 1. The molecule has 92 valence electrons. The van der Waals surface area contributed by atoms with Gasteiger partial charge in [-0.25, -0.2) is 0 Å². The van der Waals surface area contributed by atoms with E-state index in [4.69, 9.17) is 4.74 Å². The summed E-state index contributed by atoms with van der Waals surface area (Å²) in [6.45, 7) is 0.860. The van der Waals surface area contributed by atoms with Crippen molar-refractivity contribution in [2.75, 3.05) is 6.61 Å². The average molecular weight is 233 g/mol. The highest BCUT2D eigenvalue weighted by molar-refractivity contribution is 5.80. The van der Waals surface area contributed by atoms with E-state index in [1.807, 2.05) is 18.2 Å². The maximum absolute atomic E-state index is 11.8. The highest BCUT2D eigenvalue weighted by Crippen LogP contribution is 2.17. The summed E-state index contributed by atoms with van der Waals surface area (Å²) in [5, 5.41) is 0. The lowest BCUT2D eigenvalue weighted by Gasteiger charge is -2.22. The van der Waals surface area contributed by atoms with Gasteiger partial charge in [0.15, 0.2) is 0 Å². The Balaban J connectivity index is 1.70. The zero-order valence-electron chi connectivity index (χ0n) is 10.1. The van der Waals surface area contributed by atoms with E-state index < -0.39 is 0 Å². The Bertz CT molecular complexity index is 344. The van der Waals surface area contributed by atoms with Crippen molar-refractivity contribution in [2.24, 2.45) is 0 Å². The fourth-order valence-corrected chi connectivity index (χ4v) is 2.15. The van der Waals surface area contributed by atoms with E-state index >= 15 is 0 Å². The van der Waals surface area contributed by atoms with E-state index in [-0.39, 0.29) is 5.78 Å². The monoisotopic (exact) mass is 233 g/mol. The van der Waals surface area contributed by atoms with Gasteiger partial charge in [0.25, 0.3) is 0 Å². The molecule has 2 heterocycles. The van der Waals surface area contributed by atoms with Gasteiger partial charge in [-0.2, -0.15) is 0 Å². The number of hydrogen-bond donors (Lipinski definition) is 0. The average Bonchev–Trinajstić information content (AvgIpc) is 2.39. The third-order valence-electron chi connectivity index (χ3n) is 3.12. The van der Waals surface area contributed by atoms with Crippen LogP contribution in [0.25, 0.3) is 0 Å². The van der Waals surface area contributed by atoms with Gasteiger partial charge in [-0.3, -0.25) is 9.78 Å². The Hall–Kier alpha value is -1.22. The molecule has 1 aromatic heterocycles. The summed E-state index contributed by atoms with van der Waals surface area (Å²) >= 11 is 0. The van der Waals surface area contributed by atoms with Crippen LogP contribution in [0.2, 0.25) is 0 Å². The quantitative estimate of drug-likeness (QED) is 0.784. The normalized spacial score (nSPS) is 20.1. The minimum Gasteiger partial charge on any atom is -0.378 e. The number of ketones is 1. The second-order valence-corrected chi connectivity index (χ2v) is 4.56.